The van der Waals surface area contributed by atoms with E-state index in [1.54, 1.807) is 0 Å². The average molecular weight is 299 g/mol. The molecular weight excluding hydrogens is 280 g/mol. The molecule has 1 aromatic rings. The molecule has 0 bridgehead atoms. The van der Waals surface area contributed by atoms with Crippen molar-refractivity contribution in [2.24, 2.45) is 0 Å². The Morgan fingerprint density at radius 1 is 1.35 bits per heavy atom. The van der Waals surface area contributed by atoms with Crippen molar-refractivity contribution >= 4 is 21.6 Å². The molecule has 2 rings (SSSR count). The molecule has 0 aromatic heterocycles. The predicted octanol–water partition coefficient (Wildman–Crippen LogP) is 2.38. The summed E-state index contributed by atoms with van der Waals surface area (Å²) in [5.41, 5.74) is 7.35. The number of nitrogens with two attached hydrogens (primary N) is 1. The third-order valence-corrected chi connectivity index (χ3v) is 3.78. The third-order valence-electron chi connectivity index (χ3n) is 3.32. The van der Waals surface area contributed by atoms with Gasteiger partial charge in [0.15, 0.2) is 0 Å². The van der Waals surface area contributed by atoms with Crippen LogP contribution in [0.25, 0.3) is 0 Å². The van der Waals surface area contributed by atoms with Gasteiger partial charge in [0.05, 0.1) is 5.60 Å². The lowest BCUT2D eigenvalue weighted by Crippen LogP contribution is -2.41. The van der Waals surface area contributed by atoms with Gasteiger partial charge in [-0.2, -0.15) is 0 Å². The van der Waals surface area contributed by atoms with Crippen molar-refractivity contribution in [3.05, 3.63) is 28.2 Å². The Bertz CT molecular complexity index is 376. The molecule has 0 saturated carbocycles. The third kappa shape index (κ3) is 3.69. The number of benzene rings is 1. The number of aliphatic hydroxyl groups is 1. The van der Waals surface area contributed by atoms with Crippen LogP contribution in [0.1, 0.15) is 25.3 Å². The fourth-order valence-corrected chi connectivity index (χ4v) is 2.78. The van der Waals surface area contributed by atoms with Gasteiger partial charge < -0.3 is 10.8 Å². The maximum atomic E-state index is 9.89. The van der Waals surface area contributed by atoms with Gasteiger partial charge in [-0.05, 0) is 43.5 Å². The van der Waals surface area contributed by atoms with Gasteiger partial charge in [0.25, 0.3) is 0 Å². The van der Waals surface area contributed by atoms with Gasteiger partial charge in [0, 0.05) is 29.8 Å². The zero-order chi connectivity index (χ0) is 12.5. The molecule has 0 spiro atoms. The normalized spacial score (nSPS) is 20.4. The number of hydrogen-bond donors (Lipinski definition) is 2. The maximum absolute atomic E-state index is 9.89. The zero-order valence-electron chi connectivity index (χ0n) is 10.1. The van der Waals surface area contributed by atoms with E-state index in [1.165, 1.54) is 5.56 Å². The van der Waals surface area contributed by atoms with Gasteiger partial charge >= 0.3 is 0 Å². The van der Waals surface area contributed by atoms with E-state index >= 15 is 0 Å². The van der Waals surface area contributed by atoms with Crippen molar-refractivity contribution < 1.29 is 5.11 Å². The molecule has 4 heteroatoms. The van der Waals surface area contributed by atoms with Gasteiger partial charge in [0.2, 0.25) is 0 Å². The SMILES string of the molecule is CC1(O)CCN(Cc2cc(N)cc(Br)c2)CC1. The Morgan fingerprint density at radius 3 is 2.59 bits per heavy atom. The Morgan fingerprint density at radius 2 is 2.00 bits per heavy atom. The molecule has 0 amide bonds. The zero-order valence-corrected chi connectivity index (χ0v) is 11.7. The number of piperidine rings is 1. The highest BCUT2D eigenvalue weighted by Crippen LogP contribution is 2.24. The molecule has 1 saturated heterocycles. The smallest absolute Gasteiger partial charge is 0.0644 e. The van der Waals surface area contributed by atoms with E-state index in [1.807, 2.05) is 19.1 Å². The summed E-state index contributed by atoms with van der Waals surface area (Å²) in [5.74, 6) is 0. The number of anilines is 1. The summed E-state index contributed by atoms with van der Waals surface area (Å²) in [6.45, 7) is 4.71. The topological polar surface area (TPSA) is 49.5 Å². The van der Waals surface area contributed by atoms with E-state index in [9.17, 15) is 5.11 Å². The molecule has 0 unspecified atom stereocenters. The van der Waals surface area contributed by atoms with Crippen LogP contribution < -0.4 is 5.73 Å². The van der Waals surface area contributed by atoms with Gasteiger partial charge in [0.1, 0.15) is 0 Å². The van der Waals surface area contributed by atoms with Gasteiger partial charge in [-0.1, -0.05) is 15.9 Å². The van der Waals surface area contributed by atoms with Crippen LogP contribution in [0.3, 0.4) is 0 Å². The largest absolute Gasteiger partial charge is 0.399 e. The van der Waals surface area contributed by atoms with Crippen molar-refractivity contribution in [3.63, 3.8) is 0 Å². The first kappa shape index (κ1) is 12.9. The second-order valence-electron chi connectivity index (χ2n) is 5.17. The quantitative estimate of drug-likeness (QED) is 0.824. The lowest BCUT2D eigenvalue weighted by Gasteiger charge is -2.35. The van der Waals surface area contributed by atoms with Crippen LogP contribution in [-0.2, 0) is 6.54 Å². The molecule has 1 aromatic carbocycles. The monoisotopic (exact) mass is 298 g/mol. The fourth-order valence-electron chi connectivity index (χ4n) is 2.22. The number of halogens is 1. The molecule has 0 radical (unpaired) electrons. The van der Waals surface area contributed by atoms with Crippen molar-refractivity contribution in [1.29, 1.82) is 0 Å². The van der Waals surface area contributed by atoms with Crippen LogP contribution in [0.5, 0.6) is 0 Å². The maximum Gasteiger partial charge on any atom is 0.0644 e. The Kier molecular flexibility index (Phi) is 3.76. The highest BCUT2D eigenvalue weighted by Gasteiger charge is 2.27. The molecule has 1 aliphatic rings. The summed E-state index contributed by atoms with van der Waals surface area (Å²) >= 11 is 3.46. The highest BCUT2D eigenvalue weighted by molar-refractivity contribution is 9.10. The van der Waals surface area contributed by atoms with Crippen molar-refractivity contribution in [3.8, 4) is 0 Å². The van der Waals surface area contributed by atoms with Crippen molar-refractivity contribution in [2.45, 2.75) is 31.9 Å². The Balaban J connectivity index is 1.97. The molecule has 94 valence electrons. The summed E-state index contributed by atoms with van der Waals surface area (Å²) in [5, 5.41) is 9.89. The standard InChI is InChI=1S/C13H19BrN2O/c1-13(17)2-4-16(5-3-13)9-10-6-11(14)8-12(15)7-10/h6-8,17H,2-5,9,15H2,1H3. The summed E-state index contributed by atoms with van der Waals surface area (Å²) < 4.78 is 1.02. The van der Waals surface area contributed by atoms with E-state index in [2.05, 4.69) is 26.9 Å². The molecule has 3 N–H and O–H groups in total. The van der Waals surface area contributed by atoms with E-state index < -0.39 is 5.60 Å². The molecule has 17 heavy (non-hydrogen) atoms. The summed E-state index contributed by atoms with van der Waals surface area (Å²) in [6.07, 6.45) is 1.69. The van der Waals surface area contributed by atoms with Crippen LogP contribution in [0.2, 0.25) is 0 Å². The number of rotatable bonds is 2. The van der Waals surface area contributed by atoms with Crippen LogP contribution >= 0.6 is 15.9 Å². The Labute approximate surface area is 111 Å². The minimum absolute atomic E-state index is 0.479. The molecular formula is C13H19BrN2O. The van der Waals surface area contributed by atoms with Gasteiger partial charge in [-0.15, -0.1) is 0 Å². The molecule has 0 atom stereocenters. The minimum Gasteiger partial charge on any atom is -0.399 e. The van der Waals surface area contributed by atoms with E-state index in [4.69, 9.17) is 5.73 Å². The van der Waals surface area contributed by atoms with Gasteiger partial charge in [-0.3, -0.25) is 4.90 Å². The molecule has 0 aliphatic carbocycles. The van der Waals surface area contributed by atoms with E-state index in [0.29, 0.717) is 0 Å². The number of hydrogen-bond acceptors (Lipinski definition) is 3. The Hall–Kier alpha value is -0.580. The van der Waals surface area contributed by atoms with Crippen molar-refractivity contribution in [2.75, 3.05) is 18.8 Å². The minimum atomic E-state index is -0.479. The highest BCUT2D eigenvalue weighted by atomic mass is 79.9. The summed E-state index contributed by atoms with van der Waals surface area (Å²) in [4.78, 5) is 2.36. The summed E-state index contributed by atoms with van der Waals surface area (Å²) in [7, 11) is 0. The fraction of sp³-hybridized carbons (Fsp3) is 0.538. The van der Waals surface area contributed by atoms with Crippen molar-refractivity contribution in [1.82, 2.24) is 4.90 Å². The molecule has 3 nitrogen and oxygen atoms in total. The first-order valence-corrected chi connectivity index (χ1v) is 6.74. The first-order chi connectivity index (χ1) is 7.94. The lowest BCUT2D eigenvalue weighted by atomic mass is 9.93. The molecule has 1 aliphatic heterocycles. The van der Waals surface area contributed by atoms with Gasteiger partial charge in [-0.25, -0.2) is 0 Å². The number of likely N-dealkylation sites (tertiary alicyclic amines) is 1. The first-order valence-electron chi connectivity index (χ1n) is 5.94. The predicted molar refractivity (Wildman–Crippen MR) is 73.7 cm³/mol. The average Bonchev–Trinajstić information content (AvgIpc) is 2.20. The van der Waals surface area contributed by atoms with Crippen LogP contribution in [0, 0.1) is 0 Å². The van der Waals surface area contributed by atoms with Crippen LogP contribution in [0.15, 0.2) is 22.7 Å². The number of nitrogen functional groups attached to an aromatic ring is 1. The lowest BCUT2D eigenvalue weighted by molar-refractivity contribution is -0.00730. The summed E-state index contributed by atoms with van der Waals surface area (Å²) in [6, 6.07) is 6.02. The van der Waals surface area contributed by atoms with E-state index in [-0.39, 0.29) is 0 Å². The molecule has 1 heterocycles. The molecule has 1 fully saturated rings. The van der Waals surface area contributed by atoms with Crippen LogP contribution in [-0.4, -0.2) is 28.7 Å². The second-order valence-corrected chi connectivity index (χ2v) is 6.08. The van der Waals surface area contributed by atoms with E-state index in [0.717, 1.165) is 42.6 Å². The van der Waals surface area contributed by atoms with Crippen LogP contribution in [0.4, 0.5) is 5.69 Å². The number of nitrogens with zero attached hydrogens (tertiary/aromatic N) is 1. The second kappa shape index (κ2) is 4.96.